The molecule has 9 heteroatoms. The van der Waals surface area contributed by atoms with Gasteiger partial charge in [0.1, 0.15) is 0 Å². The van der Waals surface area contributed by atoms with Gasteiger partial charge >= 0.3 is 5.97 Å². The fourth-order valence-electron chi connectivity index (χ4n) is 2.59. The minimum atomic E-state index is -0.822. The number of anilines is 1. The van der Waals surface area contributed by atoms with Crippen molar-refractivity contribution in [1.29, 1.82) is 0 Å². The fourth-order valence-corrected chi connectivity index (χ4v) is 2.59. The zero-order chi connectivity index (χ0) is 20.1. The highest BCUT2D eigenvalue weighted by Crippen LogP contribution is 2.32. The third-order valence-electron chi connectivity index (χ3n) is 4.01. The van der Waals surface area contributed by atoms with E-state index < -0.39 is 23.4 Å². The molecule has 2 aromatic rings. The van der Waals surface area contributed by atoms with Crippen molar-refractivity contribution < 1.29 is 28.7 Å². The highest BCUT2D eigenvalue weighted by molar-refractivity contribution is 5.96. The van der Waals surface area contributed by atoms with Gasteiger partial charge in [-0.15, -0.1) is 0 Å². The smallest absolute Gasteiger partial charge is 0.338 e. The van der Waals surface area contributed by atoms with E-state index >= 15 is 0 Å². The summed E-state index contributed by atoms with van der Waals surface area (Å²) in [5.41, 5.74) is 0.705. The molecule has 2 aromatic carbocycles. The van der Waals surface area contributed by atoms with Crippen molar-refractivity contribution in [1.82, 2.24) is 0 Å². The maximum Gasteiger partial charge on any atom is 0.338 e. The first-order chi connectivity index (χ1) is 13.4. The number of fused-ring (bicyclic) bond motifs is 1. The van der Waals surface area contributed by atoms with E-state index in [1.54, 1.807) is 25.1 Å². The predicted molar refractivity (Wildman–Crippen MR) is 98.8 cm³/mol. The molecule has 28 heavy (non-hydrogen) atoms. The minimum Gasteiger partial charge on any atom is -0.490 e. The van der Waals surface area contributed by atoms with E-state index in [1.807, 2.05) is 0 Å². The molecule has 0 bridgehead atoms. The van der Waals surface area contributed by atoms with Gasteiger partial charge in [0.25, 0.3) is 11.6 Å². The number of nitro benzene ring substituents is 1. The Morgan fingerprint density at radius 2 is 1.89 bits per heavy atom. The normalized spacial score (nSPS) is 12.6. The summed E-state index contributed by atoms with van der Waals surface area (Å²) >= 11 is 0. The monoisotopic (exact) mass is 386 g/mol. The van der Waals surface area contributed by atoms with Crippen LogP contribution >= 0.6 is 0 Å². The van der Waals surface area contributed by atoms with Gasteiger partial charge in [0.05, 0.1) is 23.7 Å². The lowest BCUT2D eigenvalue weighted by atomic mass is 10.1. The predicted octanol–water partition coefficient (Wildman–Crippen LogP) is 2.86. The number of nitro groups is 1. The molecule has 0 aliphatic carbocycles. The summed E-state index contributed by atoms with van der Waals surface area (Å²) in [6.45, 7) is 2.11. The van der Waals surface area contributed by atoms with Gasteiger partial charge in [-0.2, -0.15) is 0 Å². The SMILES string of the molecule is Cc1ccc(C(=O)OCC(=O)Nc2ccc3c(c2)OCCCO3)cc1[N+](=O)[O-]. The number of rotatable bonds is 5. The second-order valence-corrected chi connectivity index (χ2v) is 6.09. The van der Waals surface area contributed by atoms with E-state index in [9.17, 15) is 19.7 Å². The van der Waals surface area contributed by atoms with Gasteiger partial charge in [-0.25, -0.2) is 4.79 Å². The number of benzene rings is 2. The maximum absolute atomic E-state index is 12.1. The first kappa shape index (κ1) is 19.2. The summed E-state index contributed by atoms with van der Waals surface area (Å²) in [5.74, 6) is -0.247. The third kappa shape index (κ3) is 4.56. The Balaban J connectivity index is 1.58. The lowest BCUT2D eigenvalue weighted by molar-refractivity contribution is -0.385. The van der Waals surface area contributed by atoms with Crippen molar-refractivity contribution in [3.63, 3.8) is 0 Å². The van der Waals surface area contributed by atoms with Crippen LogP contribution in [0.1, 0.15) is 22.3 Å². The molecule has 0 atom stereocenters. The van der Waals surface area contributed by atoms with E-state index in [4.69, 9.17) is 14.2 Å². The topological polar surface area (TPSA) is 117 Å². The molecular weight excluding hydrogens is 368 g/mol. The van der Waals surface area contributed by atoms with Crippen molar-refractivity contribution in [3.05, 3.63) is 57.6 Å². The number of amides is 1. The van der Waals surface area contributed by atoms with Gasteiger partial charge in [0, 0.05) is 29.8 Å². The highest BCUT2D eigenvalue weighted by atomic mass is 16.6. The van der Waals surface area contributed by atoms with Crippen molar-refractivity contribution >= 4 is 23.3 Å². The summed E-state index contributed by atoms with van der Waals surface area (Å²) in [7, 11) is 0. The van der Waals surface area contributed by atoms with Crippen LogP contribution in [0.25, 0.3) is 0 Å². The van der Waals surface area contributed by atoms with Gasteiger partial charge in [-0.05, 0) is 25.1 Å². The van der Waals surface area contributed by atoms with Gasteiger partial charge in [-0.1, -0.05) is 6.07 Å². The van der Waals surface area contributed by atoms with Gasteiger partial charge in [-0.3, -0.25) is 14.9 Å². The number of carbonyl (C=O) groups is 2. The van der Waals surface area contributed by atoms with Crippen molar-refractivity contribution in [2.75, 3.05) is 25.1 Å². The number of nitrogens with zero attached hydrogens (tertiary/aromatic N) is 1. The third-order valence-corrected chi connectivity index (χ3v) is 4.01. The summed E-state index contributed by atoms with van der Waals surface area (Å²) < 4.78 is 16.0. The van der Waals surface area contributed by atoms with E-state index in [1.165, 1.54) is 12.1 Å². The van der Waals surface area contributed by atoms with Gasteiger partial charge in [0.2, 0.25) is 0 Å². The molecule has 1 aliphatic rings. The van der Waals surface area contributed by atoms with Crippen LogP contribution in [-0.4, -0.2) is 36.6 Å². The fraction of sp³-hybridized carbons (Fsp3) is 0.263. The molecule has 0 unspecified atom stereocenters. The summed E-state index contributed by atoms with van der Waals surface area (Å²) in [6, 6.07) is 8.95. The van der Waals surface area contributed by atoms with Gasteiger partial charge < -0.3 is 19.5 Å². The Morgan fingerprint density at radius 3 is 2.64 bits per heavy atom. The molecule has 0 saturated heterocycles. The highest BCUT2D eigenvalue weighted by Gasteiger charge is 2.17. The second kappa shape index (κ2) is 8.38. The largest absolute Gasteiger partial charge is 0.490 e. The van der Waals surface area contributed by atoms with E-state index in [2.05, 4.69) is 5.32 Å². The van der Waals surface area contributed by atoms with Crippen LogP contribution in [0.15, 0.2) is 36.4 Å². The molecular formula is C19H18N2O7. The molecule has 9 nitrogen and oxygen atoms in total. The van der Waals surface area contributed by atoms with Crippen molar-refractivity contribution in [3.8, 4) is 11.5 Å². The van der Waals surface area contributed by atoms with Crippen LogP contribution in [-0.2, 0) is 9.53 Å². The van der Waals surface area contributed by atoms with Gasteiger partial charge in [0.15, 0.2) is 18.1 Å². The van der Waals surface area contributed by atoms with Crippen molar-refractivity contribution in [2.24, 2.45) is 0 Å². The number of hydrogen-bond donors (Lipinski definition) is 1. The molecule has 1 N–H and O–H groups in total. The molecule has 1 amide bonds. The first-order valence-corrected chi connectivity index (χ1v) is 8.56. The summed E-state index contributed by atoms with van der Waals surface area (Å²) in [4.78, 5) is 34.5. The Kier molecular flexibility index (Phi) is 5.73. The lowest BCUT2D eigenvalue weighted by Crippen LogP contribution is -2.21. The van der Waals surface area contributed by atoms with Crippen LogP contribution in [0.4, 0.5) is 11.4 Å². The zero-order valence-corrected chi connectivity index (χ0v) is 15.1. The number of hydrogen-bond acceptors (Lipinski definition) is 7. The molecule has 0 saturated carbocycles. The van der Waals surface area contributed by atoms with E-state index in [-0.39, 0.29) is 11.3 Å². The summed E-state index contributed by atoms with van der Waals surface area (Å²) in [5, 5.41) is 13.6. The molecule has 0 aromatic heterocycles. The molecule has 1 aliphatic heterocycles. The average molecular weight is 386 g/mol. The number of aryl methyl sites for hydroxylation is 1. The van der Waals surface area contributed by atoms with Crippen LogP contribution in [0.5, 0.6) is 11.5 Å². The number of nitrogens with one attached hydrogen (secondary N) is 1. The molecule has 1 heterocycles. The Hall–Kier alpha value is -3.62. The summed E-state index contributed by atoms with van der Waals surface area (Å²) in [6.07, 6.45) is 0.767. The number of ether oxygens (including phenoxy) is 3. The second-order valence-electron chi connectivity index (χ2n) is 6.09. The van der Waals surface area contributed by atoms with Crippen LogP contribution in [0, 0.1) is 17.0 Å². The quantitative estimate of drug-likeness (QED) is 0.477. The van der Waals surface area contributed by atoms with Crippen LogP contribution < -0.4 is 14.8 Å². The molecule has 0 radical (unpaired) electrons. The first-order valence-electron chi connectivity index (χ1n) is 8.56. The lowest BCUT2D eigenvalue weighted by Gasteiger charge is -2.10. The standard InChI is InChI=1S/C19H18N2O7/c1-12-3-4-13(9-15(12)21(24)25)19(23)28-11-18(22)20-14-5-6-16-17(10-14)27-8-2-7-26-16/h3-6,9-10H,2,7-8,11H2,1H3,(H,20,22). The zero-order valence-electron chi connectivity index (χ0n) is 15.1. The molecule has 0 spiro atoms. The Labute approximate surface area is 160 Å². The number of esters is 1. The molecule has 3 rings (SSSR count). The maximum atomic E-state index is 12.1. The van der Waals surface area contributed by atoms with Crippen molar-refractivity contribution in [2.45, 2.75) is 13.3 Å². The van der Waals surface area contributed by atoms with E-state index in [0.29, 0.717) is 36.0 Å². The average Bonchev–Trinajstić information content (AvgIpc) is 2.91. The Morgan fingerprint density at radius 1 is 1.14 bits per heavy atom. The van der Waals surface area contributed by atoms with Crippen LogP contribution in [0.2, 0.25) is 0 Å². The van der Waals surface area contributed by atoms with Crippen LogP contribution in [0.3, 0.4) is 0 Å². The molecule has 146 valence electrons. The molecule has 0 fully saturated rings. The van der Waals surface area contributed by atoms with E-state index in [0.717, 1.165) is 12.5 Å². The minimum absolute atomic E-state index is 0.000629. The number of carbonyl (C=O) groups excluding carboxylic acids is 2. The Bertz CT molecular complexity index is 926.